The molecule has 0 amide bonds. The van der Waals surface area contributed by atoms with Gasteiger partial charge >= 0.3 is 0 Å². The molecule has 0 heterocycles. The SMILES string of the molecule is OC1=C(c2ccc(Br)cc2)CCC1. The van der Waals surface area contributed by atoms with Crippen LogP contribution >= 0.6 is 15.9 Å². The Kier molecular flexibility index (Phi) is 2.40. The lowest BCUT2D eigenvalue weighted by Crippen LogP contribution is -1.83. The van der Waals surface area contributed by atoms with Crippen molar-refractivity contribution in [1.29, 1.82) is 0 Å². The van der Waals surface area contributed by atoms with Gasteiger partial charge in [0, 0.05) is 10.9 Å². The maximum absolute atomic E-state index is 9.58. The highest BCUT2D eigenvalue weighted by Gasteiger charge is 2.14. The second kappa shape index (κ2) is 3.54. The fraction of sp³-hybridized carbons (Fsp3) is 0.273. The Morgan fingerprint density at radius 2 is 1.77 bits per heavy atom. The fourth-order valence-electron chi connectivity index (χ4n) is 1.69. The number of halogens is 1. The zero-order valence-corrected chi connectivity index (χ0v) is 8.84. The monoisotopic (exact) mass is 238 g/mol. The standard InChI is InChI=1S/C11H11BrO/c12-9-6-4-8(5-7-9)10-2-1-3-11(10)13/h4-7,13H,1-3H2. The lowest BCUT2D eigenvalue weighted by atomic mass is 10.1. The third-order valence-corrected chi connectivity index (χ3v) is 2.91. The van der Waals surface area contributed by atoms with Crippen LogP contribution in [0.5, 0.6) is 0 Å². The van der Waals surface area contributed by atoms with Crippen LogP contribution in [-0.4, -0.2) is 5.11 Å². The summed E-state index contributed by atoms with van der Waals surface area (Å²) in [6.07, 6.45) is 2.93. The van der Waals surface area contributed by atoms with Crippen molar-refractivity contribution in [3.63, 3.8) is 0 Å². The Hall–Kier alpha value is -0.760. The van der Waals surface area contributed by atoms with E-state index in [1.54, 1.807) is 0 Å². The van der Waals surface area contributed by atoms with E-state index in [0.717, 1.165) is 34.9 Å². The van der Waals surface area contributed by atoms with Crippen LogP contribution < -0.4 is 0 Å². The average Bonchev–Trinajstić information content (AvgIpc) is 2.53. The van der Waals surface area contributed by atoms with Gasteiger partial charge in [0.1, 0.15) is 0 Å². The molecule has 13 heavy (non-hydrogen) atoms. The highest BCUT2D eigenvalue weighted by atomic mass is 79.9. The Labute approximate surface area is 86.2 Å². The molecule has 0 saturated carbocycles. The van der Waals surface area contributed by atoms with E-state index >= 15 is 0 Å². The van der Waals surface area contributed by atoms with Gasteiger partial charge < -0.3 is 5.11 Å². The molecule has 1 aliphatic rings. The van der Waals surface area contributed by atoms with Gasteiger partial charge in [0.2, 0.25) is 0 Å². The molecule has 68 valence electrons. The Bertz CT molecular complexity index is 338. The second-order valence-electron chi connectivity index (χ2n) is 3.29. The summed E-state index contributed by atoms with van der Waals surface area (Å²) in [6, 6.07) is 8.10. The van der Waals surface area contributed by atoms with Crippen LogP contribution in [0.15, 0.2) is 34.5 Å². The molecule has 1 aliphatic carbocycles. The third-order valence-electron chi connectivity index (χ3n) is 2.38. The van der Waals surface area contributed by atoms with Crippen molar-refractivity contribution < 1.29 is 5.11 Å². The highest BCUT2D eigenvalue weighted by Crippen LogP contribution is 2.32. The van der Waals surface area contributed by atoms with Crippen LogP contribution in [0.4, 0.5) is 0 Å². The number of hydrogen-bond acceptors (Lipinski definition) is 1. The quantitative estimate of drug-likeness (QED) is 0.787. The first-order chi connectivity index (χ1) is 6.27. The molecule has 1 aromatic carbocycles. The largest absolute Gasteiger partial charge is 0.512 e. The predicted octanol–water partition coefficient (Wildman–Crippen LogP) is 3.90. The number of benzene rings is 1. The van der Waals surface area contributed by atoms with E-state index in [1.165, 1.54) is 0 Å². The van der Waals surface area contributed by atoms with Crippen molar-refractivity contribution in [2.75, 3.05) is 0 Å². The third kappa shape index (κ3) is 1.78. The molecular weight excluding hydrogens is 228 g/mol. The Balaban J connectivity index is 2.36. The predicted molar refractivity (Wildman–Crippen MR) is 57.5 cm³/mol. The summed E-state index contributed by atoms with van der Waals surface area (Å²) in [5.41, 5.74) is 2.27. The highest BCUT2D eigenvalue weighted by molar-refractivity contribution is 9.10. The average molecular weight is 239 g/mol. The molecule has 0 aliphatic heterocycles. The molecule has 1 nitrogen and oxygen atoms in total. The van der Waals surface area contributed by atoms with Gasteiger partial charge in [-0.05, 0) is 36.1 Å². The van der Waals surface area contributed by atoms with Crippen LogP contribution in [0.2, 0.25) is 0 Å². The van der Waals surface area contributed by atoms with Crippen molar-refractivity contribution in [2.24, 2.45) is 0 Å². The van der Waals surface area contributed by atoms with Crippen molar-refractivity contribution >= 4 is 21.5 Å². The molecule has 0 saturated heterocycles. The molecule has 0 spiro atoms. The normalized spacial score (nSPS) is 16.7. The van der Waals surface area contributed by atoms with Crippen LogP contribution in [-0.2, 0) is 0 Å². The van der Waals surface area contributed by atoms with E-state index in [9.17, 15) is 5.11 Å². The van der Waals surface area contributed by atoms with Crippen LogP contribution in [0.3, 0.4) is 0 Å². The summed E-state index contributed by atoms with van der Waals surface area (Å²) in [4.78, 5) is 0. The van der Waals surface area contributed by atoms with Gasteiger partial charge in [0.25, 0.3) is 0 Å². The molecule has 2 heteroatoms. The summed E-state index contributed by atoms with van der Waals surface area (Å²) in [5.74, 6) is 0.572. The fourth-order valence-corrected chi connectivity index (χ4v) is 1.95. The van der Waals surface area contributed by atoms with Gasteiger partial charge in [-0.15, -0.1) is 0 Å². The van der Waals surface area contributed by atoms with E-state index in [1.807, 2.05) is 24.3 Å². The molecule has 2 rings (SSSR count). The smallest absolute Gasteiger partial charge is 0.0960 e. The number of allylic oxidation sites excluding steroid dienone is 2. The first-order valence-electron chi connectivity index (χ1n) is 4.44. The molecular formula is C11H11BrO. The molecule has 0 aromatic heterocycles. The van der Waals surface area contributed by atoms with E-state index in [4.69, 9.17) is 0 Å². The number of hydrogen-bond donors (Lipinski definition) is 1. The van der Waals surface area contributed by atoms with Gasteiger partial charge in [0.05, 0.1) is 5.76 Å². The van der Waals surface area contributed by atoms with Gasteiger partial charge in [0.15, 0.2) is 0 Å². The minimum Gasteiger partial charge on any atom is -0.512 e. The first kappa shape index (κ1) is 8.82. The maximum atomic E-state index is 9.58. The number of aliphatic hydroxyl groups is 1. The molecule has 0 atom stereocenters. The van der Waals surface area contributed by atoms with E-state index in [2.05, 4.69) is 15.9 Å². The van der Waals surface area contributed by atoms with E-state index < -0.39 is 0 Å². The zero-order chi connectivity index (χ0) is 9.26. The van der Waals surface area contributed by atoms with Crippen molar-refractivity contribution in [1.82, 2.24) is 0 Å². The summed E-state index contributed by atoms with van der Waals surface area (Å²) >= 11 is 3.39. The van der Waals surface area contributed by atoms with Crippen LogP contribution in [0.25, 0.3) is 5.57 Å². The van der Waals surface area contributed by atoms with Crippen molar-refractivity contribution in [3.05, 3.63) is 40.1 Å². The molecule has 0 radical (unpaired) electrons. The van der Waals surface area contributed by atoms with Crippen LogP contribution in [0, 0.1) is 0 Å². The summed E-state index contributed by atoms with van der Waals surface area (Å²) in [6.45, 7) is 0. The first-order valence-corrected chi connectivity index (χ1v) is 5.23. The zero-order valence-electron chi connectivity index (χ0n) is 7.26. The molecule has 1 aromatic rings. The van der Waals surface area contributed by atoms with Gasteiger partial charge in [-0.2, -0.15) is 0 Å². The minimum absolute atomic E-state index is 0.572. The topological polar surface area (TPSA) is 20.2 Å². The minimum atomic E-state index is 0.572. The maximum Gasteiger partial charge on any atom is 0.0960 e. The molecule has 0 bridgehead atoms. The number of rotatable bonds is 1. The number of aliphatic hydroxyl groups excluding tert-OH is 1. The second-order valence-corrected chi connectivity index (χ2v) is 4.20. The lowest BCUT2D eigenvalue weighted by molar-refractivity contribution is 0.399. The van der Waals surface area contributed by atoms with Crippen LogP contribution in [0.1, 0.15) is 24.8 Å². The summed E-state index contributed by atoms with van der Waals surface area (Å²) < 4.78 is 1.08. The van der Waals surface area contributed by atoms with E-state index in [0.29, 0.717) is 5.76 Å². The van der Waals surface area contributed by atoms with Gasteiger partial charge in [-0.25, -0.2) is 0 Å². The lowest BCUT2D eigenvalue weighted by Gasteiger charge is -2.02. The summed E-state index contributed by atoms with van der Waals surface area (Å²) in [5, 5.41) is 9.58. The molecule has 0 fully saturated rings. The van der Waals surface area contributed by atoms with Crippen molar-refractivity contribution in [2.45, 2.75) is 19.3 Å². The van der Waals surface area contributed by atoms with E-state index in [-0.39, 0.29) is 0 Å². The van der Waals surface area contributed by atoms with Gasteiger partial charge in [-0.3, -0.25) is 0 Å². The molecule has 0 unspecified atom stereocenters. The van der Waals surface area contributed by atoms with Gasteiger partial charge in [-0.1, -0.05) is 28.1 Å². The summed E-state index contributed by atoms with van der Waals surface area (Å²) in [7, 11) is 0. The Morgan fingerprint density at radius 3 is 2.31 bits per heavy atom. The Morgan fingerprint density at radius 1 is 1.08 bits per heavy atom. The van der Waals surface area contributed by atoms with Crippen molar-refractivity contribution in [3.8, 4) is 0 Å². The molecule has 1 N–H and O–H groups in total.